The van der Waals surface area contributed by atoms with E-state index in [-0.39, 0.29) is 11.3 Å². The average Bonchev–Trinajstić information content (AvgIpc) is 3.35. The van der Waals surface area contributed by atoms with Crippen molar-refractivity contribution >= 4 is 11.6 Å². The van der Waals surface area contributed by atoms with Gasteiger partial charge in [0.05, 0.1) is 5.69 Å². The Labute approximate surface area is 142 Å². The van der Waals surface area contributed by atoms with Gasteiger partial charge in [0.2, 0.25) is 11.7 Å². The molecule has 2 aliphatic rings. The van der Waals surface area contributed by atoms with Crippen molar-refractivity contribution < 1.29 is 19.2 Å². The number of phenolic OH excluding ortho intramolecular Hbond substituents is 1. The third kappa shape index (κ3) is 2.32. The zero-order chi connectivity index (χ0) is 17.0. The number of aromatic hydroxyl groups is 1. The summed E-state index contributed by atoms with van der Waals surface area (Å²) in [4.78, 5) is 16.9. The fourth-order valence-corrected chi connectivity index (χ4v) is 2.84. The number of anilines is 1. The van der Waals surface area contributed by atoms with Gasteiger partial charge in [0.1, 0.15) is 17.1 Å². The van der Waals surface area contributed by atoms with Crippen molar-refractivity contribution in [1.29, 1.82) is 0 Å². The third-order valence-electron chi connectivity index (χ3n) is 4.31. The minimum Gasteiger partial charge on any atom is -0.507 e. The number of benzene rings is 2. The number of hydrogen-bond acceptors (Lipinski definition) is 6. The summed E-state index contributed by atoms with van der Waals surface area (Å²) in [6.07, 6.45) is 2.16. The molecule has 0 saturated heterocycles. The van der Waals surface area contributed by atoms with Crippen LogP contribution in [0.5, 0.6) is 17.2 Å². The molecule has 7 nitrogen and oxygen atoms in total. The van der Waals surface area contributed by atoms with Crippen LogP contribution in [-0.4, -0.2) is 21.2 Å². The maximum absolute atomic E-state index is 12.4. The number of fused-ring (bicyclic) bond motifs is 2. The molecule has 3 aromatic rings. The van der Waals surface area contributed by atoms with E-state index in [0.717, 1.165) is 12.8 Å². The Morgan fingerprint density at radius 1 is 1.16 bits per heavy atom. The summed E-state index contributed by atoms with van der Waals surface area (Å²) in [5, 5.41) is 16.7. The summed E-state index contributed by atoms with van der Waals surface area (Å²) in [5.74, 6) is 1.73. The molecule has 1 aliphatic heterocycles. The molecule has 1 fully saturated rings. The van der Waals surface area contributed by atoms with Gasteiger partial charge in [-0.2, -0.15) is 4.98 Å². The van der Waals surface area contributed by atoms with E-state index in [0.29, 0.717) is 40.4 Å². The predicted octanol–water partition coefficient (Wildman–Crippen LogP) is 3.68. The van der Waals surface area contributed by atoms with Crippen LogP contribution in [0.1, 0.15) is 35.0 Å². The van der Waals surface area contributed by atoms with Gasteiger partial charge in [0.15, 0.2) is 5.75 Å². The van der Waals surface area contributed by atoms with Gasteiger partial charge in [-0.05, 0) is 43.2 Å². The molecule has 25 heavy (non-hydrogen) atoms. The Morgan fingerprint density at radius 3 is 2.88 bits per heavy atom. The summed E-state index contributed by atoms with van der Waals surface area (Å²) in [5.41, 5.74) is 1.31. The second-order valence-corrected chi connectivity index (χ2v) is 6.15. The lowest BCUT2D eigenvalue weighted by Crippen LogP contribution is -2.10. The van der Waals surface area contributed by atoms with Crippen molar-refractivity contribution in [1.82, 2.24) is 10.1 Å². The van der Waals surface area contributed by atoms with Gasteiger partial charge in [0.25, 0.3) is 5.91 Å². The van der Waals surface area contributed by atoms with E-state index in [1.807, 2.05) is 0 Å². The van der Waals surface area contributed by atoms with E-state index >= 15 is 0 Å². The highest BCUT2D eigenvalue weighted by Gasteiger charge is 2.30. The normalized spacial score (nSPS) is 15.6. The van der Waals surface area contributed by atoms with E-state index in [2.05, 4.69) is 15.5 Å². The molecular weight excluding hydrogens is 322 g/mol. The molecule has 1 saturated carbocycles. The second kappa shape index (κ2) is 5.07. The van der Waals surface area contributed by atoms with Crippen molar-refractivity contribution in [3.8, 4) is 28.6 Å². The van der Waals surface area contributed by atoms with Crippen molar-refractivity contribution in [2.45, 2.75) is 18.8 Å². The molecule has 2 aromatic carbocycles. The van der Waals surface area contributed by atoms with E-state index in [1.54, 1.807) is 30.3 Å². The summed E-state index contributed by atoms with van der Waals surface area (Å²) in [6.45, 7) is 0. The van der Waals surface area contributed by atoms with Crippen LogP contribution in [0.15, 0.2) is 40.9 Å². The van der Waals surface area contributed by atoms with Crippen LogP contribution >= 0.6 is 0 Å². The highest BCUT2D eigenvalue weighted by molar-refractivity contribution is 6.10. The Bertz CT molecular complexity index is 1010. The number of amides is 1. The van der Waals surface area contributed by atoms with E-state index in [1.165, 1.54) is 6.07 Å². The fourth-order valence-electron chi connectivity index (χ4n) is 2.84. The predicted molar refractivity (Wildman–Crippen MR) is 87.8 cm³/mol. The number of aromatic nitrogens is 2. The molecule has 1 amide bonds. The molecule has 124 valence electrons. The Morgan fingerprint density at radius 2 is 2.04 bits per heavy atom. The van der Waals surface area contributed by atoms with Gasteiger partial charge in [-0.3, -0.25) is 4.79 Å². The lowest BCUT2D eigenvalue weighted by Gasteiger charge is -2.08. The van der Waals surface area contributed by atoms with Crippen LogP contribution in [0.2, 0.25) is 0 Å². The second-order valence-electron chi connectivity index (χ2n) is 6.15. The minimum atomic E-state index is -0.434. The van der Waals surface area contributed by atoms with Crippen molar-refractivity contribution in [3.05, 3.63) is 47.9 Å². The quantitative estimate of drug-likeness (QED) is 0.741. The number of nitrogens with zero attached hydrogens (tertiary/aromatic N) is 2. The highest BCUT2D eigenvalue weighted by atomic mass is 16.5. The van der Waals surface area contributed by atoms with Crippen LogP contribution in [0, 0.1) is 0 Å². The largest absolute Gasteiger partial charge is 0.507 e. The standard InChI is InChI=1S/C18H13N3O4/c22-12-2-1-3-14-15(12)17(23)19-11-8-10(6-7-13(11)24-14)16-20-18(25-21-16)9-4-5-9/h1-3,6-9,22H,4-5H2,(H,19,23). The van der Waals surface area contributed by atoms with E-state index < -0.39 is 5.91 Å². The smallest absolute Gasteiger partial charge is 0.263 e. The Kier molecular flexibility index (Phi) is 2.85. The van der Waals surface area contributed by atoms with Crippen LogP contribution in [-0.2, 0) is 0 Å². The number of hydrogen-bond donors (Lipinski definition) is 2. The lowest BCUT2D eigenvalue weighted by molar-refractivity contribution is 0.102. The third-order valence-corrected chi connectivity index (χ3v) is 4.31. The molecule has 2 N–H and O–H groups in total. The molecule has 0 spiro atoms. The van der Waals surface area contributed by atoms with Crippen molar-refractivity contribution in [3.63, 3.8) is 0 Å². The van der Waals surface area contributed by atoms with Gasteiger partial charge in [-0.1, -0.05) is 11.2 Å². The molecular formula is C18H13N3O4. The molecule has 0 bridgehead atoms. The zero-order valence-electron chi connectivity index (χ0n) is 13.0. The fraction of sp³-hybridized carbons (Fsp3) is 0.167. The number of carbonyl (C=O) groups is 1. The molecule has 1 aliphatic carbocycles. The molecule has 2 heterocycles. The van der Waals surface area contributed by atoms with E-state index in [9.17, 15) is 9.90 Å². The van der Waals surface area contributed by atoms with Gasteiger partial charge < -0.3 is 19.7 Å². The minimum absolute atomic E-state index is 0.107. The maximum Gasteiger partial charge on any atom is 0.263 e. The number of rotatable bonds is 2. The summed E-state index contributed by atoms with van der Waals surface area (Å²) in [7, 11) is 0. The van der Waals surface area contributed by atoms with Gasteiger partial charge in [-0.25, -0.2) is 0 Å². The van der Waals surface area contributed by atoms with Gasteiger partial charge >= 0.3 is 0 Å². The SMILES string of the molecule is O=C1Nc2cc(-c3noc(C4CC4)n3)ccc2Oc2cccc(O)c21. The van der Waals surface area contributed by atoms with Gasteiger partial charge in [-0.15, -0.1) is 0 Å². The number of ether oxygens (including phenoxy) is 1. The van der Waals surface area contributed by atoms with Crippen LogP contribution in [0.25, 0.3) is 11.4 Å². The van der Waals surface area contributed by atoms with Crippen LogP contribution in [0.3, 0.4) is 0 Å². The summed E-state index contributed by atoms with van der Waals surface area (Å²) >= 11 is 0. The first-order valence-electron chi connectivity index (χ1n) is 7.98. The van der Waals surface area contributed by atoms with Crippen LogP contribution < -0.4 is 10.1 Å². The zero-order valence-corrected chi connectivity index (χ0v) is 13.0. The van der Waals surface area contributed by atoms with E-state index in [4.69, 9.17) is 9.26 Å². The molecule has 7 heteroatoms. The maximum atomic E-state index is 12.4. The molecule has 1 aromatic heterocycles. The Hall–Kier alpha value is -3.35. The molecule has 0 unspecified atom stereocenters. The number of carbonyl (C=O) groups excluding carboxylic acids is 1. The lowest BCUT2D eigenvalue weighted by atomic mass is 10.1. The molecule has 5 rings (SSSR count). The first-order valence-corrected chi connectivity index (χ1v) is 7.98. The topological polar surface area (TPSA) is 97.5 Å². The molecule has 0 atom stereocenters. The Balaban J connectivity index is 1.54. The summed E-state index contributed by atoms with van der Waals surface area (Å²) < 4.78 is 11.1. The molecule has 0 radical (unpaired) electrons. The summed E-state index contributed by atoms with van der Waals surface area (Å²) in [6, 6.07) is 9.98. The highest BCUT2D eigenvalue weighted by Crippen LogP contribution is 2.42. The van der Waals surface area contributed by atoms with Crippen molar-refractivity contribution in [2.24, 2.45) is 0 Å². The number of nitrogens with one attached hydrogen (secondary N) is 1. The first kappa shape index (κ1) is 14.0. The monoisotopic (exact) mass is 335 g/mol. The average molecular weight is 335 g/mol. The van der Waals surface area contributed by atoms with Crippen LogP contribution in [0.4, 0.5) is 5.69 Å². The first-order chi connectivity index (χ1) is 12.2. The number of phenols is 1. The van der Waals surface area contributed by atoms with Crippen molar-refractivity contribution in [2.75, 3.05) is 5.32 Å². The van der Waals surface area contributed by atoms with Gasteiger partial charge in [0, 0.05) is 11.5 Å².